The SMILES string of the molecule is CC1CCC(NC(=O)NC(=O)CCC(=O)O)C1C. The number of hydrogen-bond acceptors (Lipinski definition) is 3. The van der Waals surface area contributed by atoms with Crippen LogP contribution in [0.15, 0.2) is 0 Å². The first-order valence-electron chi connectivity index (χ1n) is 6.22. The number of hydrogen-bond donors (Lipinski definition) is 3. The summed E-state index contributed by atoms with van der Waals surface area (Å²) < 4.78 is 0. The molecule has 1 fully saturated rings. The van der Waals surface area contributed by atoms with E-state index >= 15 is 0 Å². The highest BCUT2D eigenvalue weighted by Gasteiger charge is 2.30. The number of urea groups is 1. The monoisotopic (exact) mass is 256 g/mol. The first-order valence-corrected chi connectivity index (χ1v) is 6.22. The van der Waals surface area contributed by atoms with Crippen molar-refractivity contribution in [3.63, 3.8) is 0 Å². The highest BCUT2D eigenvalue weighted by Crippen LogP contribution is 2.30. The Morgan fingerprint density at radius 2 is 1.83 bits per heavy atom. The lowest BCUT2D eigenvalue weighted by molar-refractivity contribution is -0.138. The molecule has 6 nitrogen and oxygen atoms in total. The Kier molecular flexibility index (Phi) is 5.12. The second-order valence-corrected chi connectivity index (χ2v) is 4.94. The minimum Gasteiger partial charge on any atom is -0.481 e. The molecule has 0 spiro atoms. The van der Waals surface area contributed by atoms with Crippen LogP contribution in [-0.4, -0.2) is 29.1 Å². The second-order valence-electron chi connectivity index (χ2n) is 4.94. The molecule has 1 aliphatic carbocycles. The van der Waals surface area contributed by atoms with Crippen molar-refractivity contribution < 1.29 is 19.5 Å². The molecule has 0 bridgehead atoms. The average molecular weight is 256 g/mol. The van der Waals surface area contributed by atoms with Gasteiger partial charge in [-0.3, -0.25) is 14.9 Å². The summed E-state index contributed by atoms with van der Waals surface area (Å²) in [5.74, 6) is -0.653. The molecule has 3 amide bonds. The molecule has 0 aromatic rings. The lowest BCUT2D eigenvalue weighted by Crippen LogP contribution is -2.45. The van der Waals surface area contributed by atoms with Crippen molar-refractivity contribution in [3.8, 4) is 0 Å². The zero-order valence-electron chi connectivity index (χ0n) is 10.7. The van der Waals surface area contributed by atoms with Crippen molar-refractivity contribution in [2.24, 2.45) is 11.8 Å². The van der Waals surface area contributed by atoms with Crippen molar-refractivity contribution in [1.29, 1.82) is 0 Å². The number of nitrogens with one attached hydrogen (secondary N) is 2. The van der Waals surface area contributed by atoms with E-state index in [-0.39, 0.29) is 18.9 Å². The number of aliphatic carboxylic acids is 1. The van der Waals surface area contributed by atoms with E-state index < -0.39 is 17.9 Å². The minimum absolute atomic E-state index is 0.0901. The van der Waals surface area contributed by atoms with Crippen molar-refractivity contribution >= 4 is 17.9 Å². The Morgan fingerprint density at radius 1 is 1.17 bits per heavy atom. The van der Waals surface area contributed by atoms with E-state index in [0.29, 0.717) is 11.8 Å². The molecular formula is C12H20N2O4. The summed E-state index contributed by atoms with van der Waals surface area (Å²) in [6, 6.07) is -0.441. The standard InChI is InChI=1S/C12H20N2O4/c1-7-3-4-9(8(7)2)13-12(18)14-10(15)5-6-11(16)17/h7-9H,3-6H2,1-2H3,(H,16,17)(H2,13,14,15,18). The lowest BCUT2D eigenvalue weighted by atomic mass is 9.98. The Balaban J connectivity index is 2.29. The fourth-order valence-corrected chi connectivity index (χ4v) is 2.18. The molecule has 0 aromatic carbocycles. The zero-order chi connectivity index (χ0) is 13.7. The maximum Gasteiger partial charge on any atom is 0.321 e. The van der Waals surface area contributed by atoms with Gasteiger partial charge in [0, 0.05) is 12.5 Å². The van der Waals surface area contributed by atoms with Gasteiger partial charge in [-0.2, -0.15) is 0 Å². The first-order chi connectivity index (χ1) is 8.40. The van der Waals surface area contributed by atoms with Crippen LogP contribution < -0.4 is 10.6 Å². The van der Waals surface area contributed by atoms with Crippen LogP contribution in [0.3, 0.4) is 0 Å². The molecule has 3 atom stereocenters. The van der Waals surface area contributed by atoms with Gasteiger partial charge in [0.15, 0.2) is 0 Å². The molecular weight excluding hydrogens is 236 g/mol. The molecule has 0 heterocycles. The van der Waals surface area contributed by atoms with Gasteiger partial charge in [0.25, 0.3) is 0 Å². The Hall–Kier alpha value is -1.59. The maximum absolute atomic E-state index is 11.5. The van der Waals surface area contributed by atoms with E-state index in [2.05, 4.69) is 24.5 Å². The van der Waals surface area contributed by atoms with Crippen molar-refractivity contribution in [1.82, 2.24) is 10.6 Å². The summed E-state index contributed by atoms with van der Waals surface area (Å²) in [4.78, 5) is 33.0. The van der Waals surface area contributed by atoms with Crippen LogP contribution in [0.1, 0.15) is 39.5 Å². The van der Waals surface area contributed by atoms with Crippen LogP contribution in [0.5, 0.6) is 0 Å². The average Bonchev–Trinajstić information content (AvgIpc) is 2.58. The van der Waals surface area contributed by atoms with Gasteiger partial charge in [-0.15, -0.1) is 0 Å². The number of carbonyl (C=O) groups is 3. The lowest BCUT2D eigenvalue weighted by Gasteiger charge is -2.19. The molecule has 18 heavy (non-hydrogen) atoms. The maximum atomic E-state index is 11.5. The van der Waals surface area contributed by atoms with Crippen LogP contribution >= 0.6 is 0 Å². The third kappa shape index (κ3) is 4.35. The first kappa shape index (κ1) is 14.5. The van der Waals surface area contributed by atoms with Gasteiger partial charge in [-0.05, 0) is 24.7 Å². The molecule has 0 aliphatic heterocycles. The van der Waals surface area contributed by atoms with E-state index in [0.717, 1.165) is 12.8 Å². The summed E-state index contributed by atoms with van der Waals surface area (Å²) in [5, 5.41) is 13.3. The van der Waals surface area contributed by atoms with Gasteiger partial charge >= 0.3 is 12.0 Å². The topological polar surface area (TPSA) is 95.5 Å². The van der Waals surface area contributed by atoms with Crippen LogP contribution in [-0.2, 0) is 9.59 Å². The van der Waals surface area contributed by atoms with E-state index in [1.807, 2.05) is 0 Å². The largest absolute Gasteiger partial charge is 0.481 e. The van der Waals surface area contributed by atoms with Gasteiger partial charge in [-0.1, -0.05) is 13.8 Å². The van der Waals surface area contributed by atoms with E-state index in [1.54, 1.807) is 0 Å². The number of carbonyl (C=O) groups excluding carboxylic acids is 2. The van der Waals surface area contributed by atoms with Gasteiger partial charge in [0.1, 0.15) is 0 Å². The summed E-state index contributed by atoms with van der Waals surface area (Å²) in [6.45, 7) is 4.22. The molecule has 3 N–H and O–H groups in total. The quantitative estimate of drug-likeness (QED) is 0.702. The van der Waals surface area contributed by atoms with Crippen LogP contribution in [0.4, 0.5) is 4.79 Å². The fourth-order valence-electron chi connectivity index (χ4n) is 2.18. The highest BCUT2D eigenvalue weighted by molar-refractivity contribution is 5.95. The minimum atomic E-state index is -1.05. The van der Waals surface area contributed by atoms with Gasteiger partial charge in [0.2, 0.25) is 5.91 Å². The normalized spacial score (nSPS) is 26.7. The predicted molar refractivity (Wildman–Crippen MR) is 64.9 cm³/mol. The third-order valence-electron chi connectivity index (χ3n) is 3.60. The number of rotatable bonds is 4. The summed E-state index contributed by atoms with van der Waals surface area (Å²) in [5.41, 5.74) is 0. The summed E-state index contributed by atoms with van der Waals surface area (Å²) in [7, 11) is 0. The van der Waals surface area contributed by atoms with Gasteiger partial charge < -0.3 is 10.4 Å². The molecule has 0 saturated heterocycles. The molecule has 0 radical (unpaired) electrons. The van der Waals surface area contributed by atoms with Gasteiger partial charge in [0.05, 0.1) is 6.42 Å². The molecule has 102 valence electrons. The number of carboxylic acid groups (broad SMARTS) is 1. The number of imide groups is 1. The predicted octanol–water partition coefficient (Wildman–Crippen LogP) is 1.11. The molecule has 1 rings (SSSR count). The fraction of sp³-hybridized carbons (Fsp3) is 0.750. The van der Waals surface area contributed by atoms with Crippen LogP contribution in [0, 0.1) is 11.8 Å². The van der Waals surface area contributed by atoms with Crippen molar-refractivity contribution in [2.45, 2.75) is 45.6 Å². The highest BCUT2D eigenvalue weighted by atomic mass is 16.4. The summed E-state index contributed by atoms with van der Waals surface area (Å²) in [6.07, 6.45) is 1.54. The smallest absolute Gasteiger partial charge is 0.321 e. The van der Waals surface area contributed by atoms with E-state index in [9.17, 15) is 14.4 Å². The van der Waals surface area contributed by atoms with Crippen molar-refractivity contribution in [3.05, 3.63) is 0 Å². The Morgan fingerprint density at radius 3 is 2.33 bits per heavy atom. The number of amides is 3. The molecule has 6 heteroatoms. The third-order valence-corrected chi connectivity index (χ3v) is 3.60. The van der Waals surface area contributed by atoms with Crippen LogP contribution in [0.2, 0.25) is 0 Å². The molecule has 0 aromatic heterocycles. The van der Waals surface area contributed by atoms with Crippen molar-refractivity contribution in [2.75, 3.05) is 0 Å². The summed E-state index contributed by atoms with van der Waals surface area (Å²) >= 11 is 0. The van der Waals surface area contributed by atoms with E-state index in [1.165, 1.54) is 0 Å². The second kappa shape index (κ2) is 6.37. The van der Waals surface area contributed by atoms with Gasteiger partial charge in [-0.25, -0.2) is 4.79 Å². The number of carboxylic acids is 1. The Bertz CT molecular complexity index is 343. The zero-order valence-corrected chi connectivity index (χ0v) is 10.7. The molecule has 1 saturated carbocycles. The van der Waals surface area contributed by atoms with Crippen LogP contribution in [0.25, 0.3) is 0 Å². The molecule has 1 aliphatic rings. The van der Waals surface area contributed by atoms with E-state index in [4.69, 9.17) is 5.11 Å². The molecule has 3 unspecified atom stereocenters. The Labute approximate surface area is 106 Å².